The standard InChI is InChI=1S/C35H40Br2N4O6/c1-46-34(44)31-26(12-11-21-7-4-3-5-8-21)40-27(32(35(45)47-2)33(31)30-24(36)9-6-10-25(30)37)18-29(43)41-16-15-39-20-23(41)17-28(42)22-13-14-38-19-22/h3-10,22-23,31,33,38-39H,11-20H2,1-2H3. The average Bonchev–Trinajstić information content (AvgIpc) is 3.63. The SMILES string of the molecule is COC(=O)C1=C(CC(=O)N2CCNCC2CC(=O)C2CCNC2)N=C(CCc2ccccc2)C(C(=O)OC)C1c1c(Br)cccc1Br. The molecule has 4 unspecified atom stereocenters. The number of rotatable bonds is 11. The van der Waals surface area contributed by atoms with Crippen LogP contribution in [0, 0.1) is 11.8 Å². The van der Waals surface area contributed by atoms with E-state index >= 15 is 0 Å². The summed E-state index contributed by atoms with van der Waals surface area (Å²) in [5, 5.41) is 6.57. The summed E-state index contributed by atoms with van der Waals surface area (Å²) in [4.78, 5) is 61.4. The number of piperazine rings is 1. The van der Waals surface area contributed by atoms with Gasteiger partial charge in [0.25, 0.3) is 0 Å². The summed E-state index contributed by atoms with van der Waals surface area (Å²) in [6.07, 6.45) is 1.85. The van der Waals surface area contributed by atoms with Crippen molar-refractivity contribution in [2.75, 3.05) is 46.9 Å². The van der Waals surface area contributed by atoms with Crippen LogP contribution in [0.2, 0.25) is 0 Å². The van der Waals surface area contributed by atoms with E-state index in [1.807, 2.05) is 48.5 Å². The highest BCUT2D eigenvalue weighted by molar-refractivity contribution is 9.11. The number of hydrogen-bond acceptors (Lipinski definition) is 9. The molecule has 0 aliphatic carbocycles. The lowest BCUT2D eigenvalue weighted by molar-refractivity contribution is -0.144. The van der Waals surface area contributed by atoms with Gasteiger partial charge in [0.05, 0.1) is 38.0 Å². The van der Waals surface area contributed by atoms with Gasteiger partial charge in [-0.05, 0) is 49.1 Å². The highest BCUT2D eigenvalue weighted by Crippen LogP contribution is 2.46. The molecule has 0 saturated carbocycles. The van der Waals surface area contributed by atoms with Gasteiger partial charge in [-0.2, -0.15) is 0 Å². The van der Waals surface area contributed by atoms with Crippen molar-refractivity contribution in [2.24, 2.45) is 16.8 Å². The first-order chi connectivity index (χ1) is 22.7. The summed E-state index contributed by atoms with van der Waals surface area (Å²) < 4.78 is 12.0. The molecule has 250 valence electrons. The molecule has 5 rings (SSSR count). The van der Waals surface area contributed by atoms with Crippen LogP contribution in [0.4, 0.5) is 0 Å². The van der Waals surface area contributed by atoms with Gasteiger partial charge >= 0.3 is 11.9 Å². The Morgan fingerprint density at radius 2 is 1.64 bits per heavy atom. The summed E-state index contributed by atoms with van der Waals surface area (Å²) in [6, 6.07) is 15.1. The van der Waals surface area contributed by atoms with E-state index in [2.05, 4.69) is 42.5 Å². The first kappa shape index (κ1) is 35.1. The number of aryl methyl sites for hydroxylation is 1. The van der Waals surface area contributed by atoms with Crippen molar-refractivity contribution in [3.8, 4) is 0 Å². The number of ether oxygens (including phenoxy) is 2. The lowest BCUT2D eigenvalue weighted by Crippen LogP contribution is -2.54. The minimum absolute atomic E-state index is 0.0450. The van der Waals surface area contributed by atoms with E-state index < -0.39 is 23.8 Å². The molecule has 12 heteroatoms. The first-order valence-corrected chi connectivity index (χ1v) is 17.5. The fourth-order valence-corrected chi connectivity index (χ4v) is 8.31. The Morgan fingerprint density at radius 1 is 0.915 bits per heavy atom. The van der Waals surface area contributed by atoms with E-state index in [9.17, 15) is 19.2 Å². The molecule has 0 spiro atoms. The van der Waals surface area contributed by atoms with Crippen LogP contribution in [0.15, 0.2) is 73.7 Å². The van der Waals surface area contributed by atoms with E-state index in [-0.39, 0.29) is 47.8 Å². The van der Waals surface area contributed by atoms with Crippen molar-refractivity contribution >= 4 is 61.2 Å². The Balaban J connectivity index is 1.57. The predicted octanol–water partition coefficient (Wildman–Crippen LogP) is 4.36. The summed E-state index contributed by atoms with van der Waals surface area (Å²) in [7, 11) is 2.59. The largest absolute Gasteiger partial charge is 0.468 e. The Labute approximate surface area is 292 Å². The molecular formula is C35H40Br2N4O6. The zero-order chi connectivity index (χ0) is 33.5. The number of nitrogens with zero attached hydrogens (tertiary/aromatic N) is 2. The summed E-state index contributed by atoms with van der Waals surface area (Å²) in [5.74, 6) is -3.17. The molecule has 0 radical (unpaired) electrons. The molecule has 2 aromatic carbocycles. The van der Waals surface area contributed by atoms with Crippen molar-refractivity contribution in [1.82, 2.24) is 15.5 Å². The monoisotopic (exact) mass is 770 g/mol. The minimum atomic E-state index is -0.948. The molecule has 47 heavy (non-hydrogen) atoms. The molecule has 4 atom stereocenters. The van der Waals surface area contributed by atoms with Crippen LogP contribution in [-0.4, -0.2) is 87.2 Å². The third kappa shape index (κ3) is 8.10. The van der Waals surface area contributed by atoms with Crippen LogP contribution < -0.4 is 10.6 Å². The second kappa shape index (κ2) is 16.3. The Bertz CT molecular complexity index is 1540. The number of esters is 2. The molecule has 3 heterocycles. The average molecular weight is 773 g/mol. The van der Waals surface area contributed by atoms with Gasteiger partial charge in [-0.15, -0.1) is 0 Å². The number of halogens is 2. The third-order valence-corrected chi connectivity index (χ3v) is 10.6. The molecule has 3 aliphatic rings. The van der Waals surface area contributed by atoms with Crippen LogP contribution >= 0.6 is 31.9 Å². The van der Waals surface area contributed by atoms with Crippen LogP contribution in [-0.2, 0) is 35.1 Å². The van der Waals surface area contributed by atoms with Crippen molar-refractivity contribution in [3.63, 3.8) is 0 Å². The number of amides is 1. The molecule has 2 fully saturated rings. The lowest BCUT2D eigenvalue weighted by atomic mass is 9.73. The lowest BCUT2D eigenvalue weighted by Gasteiger charge is -2.37. The zero-order valence-electron chi connectivity index (χ0n) is 26.6. The number of carbonyl (C=O) groups excluding carboxylic acids is 4. The molecule has 1 amide bonds. The molecule has 10 nitrogen and oxygen atoms in total. The van der Waals surface area contributed by atoms with Gasteiger partial charge in [-0.1, -0.05) is 68.3 Å². The van der Waals surface area contributed by atoms with Gasteiger partial charge in [-0.3, -0.25) is 19.4 Å². The normalized spacial score (nSPS) is 22.9. The first-order valence-electron chi connectivity index (χ1n) is 15.9. The maximum atomic E-state index is 14.2. The predicted molar refractivity (Wildman–Crippen MR) is 185 cm³/mol. The summed E-state index contributed by atoms with van der Waals surface area (Å²) >= 11 is 7.30. The Morgan fingerprint density at radius 3 is 2.30 bits per heavy atom. The summed E-state index contributed by atoms with van der Waals surface area (Å²) in [5.41, 5.74) is 2.61. The molecule has 2 saturated heterocycles. The molecule has 2 N–H and O–H groups in total. The Hall–Kier alpha value is -3.19. The minimum Gasteiger partial charge on any atom is -0.468 e. The number of Topliss-reactive ketones (excluding diaryl/α,β-unsaturated/α-hetero) is 1. The molecule has 3 aliphatic heterocycles. The fraction of sp³-hybridized carbons (Fsp3) is 0.457. The van der Waals surface area contributed by atoms with Crippen LogP contribution in [0.5, 0.6) is 0 Å². The van der Waals surface area contributed by atoms with Gasteiger partial charge in [0.15, 0.2) is 0 Å². The van der Waals surface area contributed by atoms with Crippen LogP contribution in [0.25, 0.3) is 0 Å². The fourth-order valence-electron chi connectivity index (χ4n) is 6.82. The van der Waals surface area contributed by atoms with Gasteiger partial charge < -0.3 is 25.0 Å². The topological polar surface area (TPSA) is 126 Å². The van der Waals surface area contributed by atoms with Crippen molar-refractivity contribution in [2.45, 2.75) is 44.1 Å². The van der Waals surface area contributed by atoms with Crippen LogP contribution in [0.3, 0.4) is 0 Å². The second-order valence-corrected chi connectivity index (χ2v) is 13.7. The van der Waals surface area contributed by atoms with Crippen molar-refractivity contribution < 1.29 is 28.7 Å². The maximum Gasteiger partial charge on any atom is 0.336 e. The molecule has 2 aromatic rings. The number of carbonyl (C=O) groups is 4. The van der Waals surface area contributed by atoms with Gasteiger partial charge in [0.2, 0.25) is 5.91 Å². The van der Waals surface area contributed by atoms with Crippen molar-refractivity contribution in [3.05, 3.63) is 79.9 Å². The maximum absolute atomic E-state index is 14.2. The molecule has 0 bridgehead atoms. The van der Waals surface area contributed by atoms with E-state index in [0.717, 1.165) is 18.5 Å². The van der Waals surface area contributed by atoms with Crippen LogP contribution in [0.1, 0.15) is 42.7 Å². The number of aliphatic imine (C=N–C) groups is 1. The number of benzene rings is 2. The number of ketones is 1. The highest BCUT2D eigenvalue weighted by atomic mass is 79.9. The van der Waals surface area contributed by atoms with Gasteiger partial charge in [0, 0.05) is 59.1 Å². The summed E-state index contributed by atoms with van der Waals surface area (Å²) in [6.45, 7) is 3.00. The number of hydrogen-bond donors (Lipinski definition) is 2. The second-order valence-electron chi connectivity index (χ2n) is 12.0. The van der Waals surface area contributed by atoms with Gasteiger partial charge in [-0.25, -0.2) is 4.79 Å². The smallest absolute Gasteiger partial charge is 0.336 e. The van der Waals surface area contributed by atoms with E-state index in [4.69, 9.17) is 14.5 Å². The van der Waals surface area contributed by atoms with E-state index in [1.54, 1.807) is 4.90 Å². The molecular weight excluding hydrogens is 732 g/mol. The van der Waals surface area contributed by atoms with E-state index in [1.165, 1.54) is 14.2 Å². The van der Waals surface area contributed by atoms with Crippen molar-refractivity contribution in [1.29, 1.82) is 0 Å². The number of methoxy groups -OCH3 is 2. The quantitative estimate of drug-likeness (QED) is 0.323. The zero-order valence-corrected chi connectivity index (χ0v) is 29.8. The number of nitrogens with one attached hydrogen (secondary N) is 2. The third-order valence-electron chi connectivity index (χ3n) is 9.22. The van der Waals surface area contributed by atoms with Gasteiger partial charge in [0.1, 0.15) is 11.7 Å². The Kier molecular flexibility index (Phi) is 12.2. The highest BCUT2D eigenvalue weighted by Gasteiger charge is 2.46. The molecule has 0 aromatic heterocycles. The van der Waals surface area contributed by atoms with E-state index in [0.29, 0.717) is 59.2 Å².